The van der Waals surface area contributed by atoms with Crippen LogP contribution in [0.2, 0.25) is 0 Å². The molecule has 0 spiro atoms. The summed E-state index contributed by atoms with van der Waals surface area (Å²) in [5, 5.41) is 0. The van der Waals surface area contributed by atoms with Crippen LogP contribution in [-0.2, 0) is 16.6 Å². The molecule has 0 aliphatic rings. The number of sulfonamides is 1. The normalized spacial score (nSPS) is 11.2. The number of methoxy groups -OCH3 is 4. The molecule has 7 nitrogen and oxygen atoms in total. The summed E-state index contributed by atoms with van der Waals surface area (Å²) >= 11 is 0. The van der Waals surface area contributed by atoms with E-state index in [1.165, 1.54) is 27.4 Å². The molecule has 0 aliphatic carbocycles. The Balaban J connectivity index is 2.35. The van der Waals surface area contributed by atoms with Crippen LogP contribution in [0.25, 0.3) is 0 Å². The first-order valence-electron chi connectivity index (χ1n) is 8.22. The minimum absolute atomic E-state index is 0.0381. The van der Waals surface area contributed by atoms with Crippen LogP contribution in [0.15, 0.2) is 29.2 Å². The van der Waals surface area contributed by atoms with E-state index in [1.54, 1.807) is 32.2 Å². The van der Waals surface area contributed by atoms with Gasteiger partial charge in [-0.05, 0) is 43.2 Å². The van der Waals surface area contributed by atoms with Crippen molar-refractivity contribution < 1.29 is 27.4 Å². The SMILES string of the molecule is COc1ccc(S(=O)(=O)NCc2ccc(OC)c(OC)c2OC)c(C)c1C. The first-order chi connectivity index (χ1) is 12.8. The third-order valence-electron chi connectivity index (χ3n) is 4.44. The molecule has 0 bridgehead atoms. The highest BCUT2D eigenvalue weighted by Gasteiger charge is 2.21. The number of hydrogen-bond acceptors (Lipinski definition) is 6. The van der Waals surface area contributed by atoms with E-state index in [0.29, 0.717) is 34.1 Å². The topological polar surface area (TPSA) is 83.1 Å². The minimum Gasteiger partial charge on any atom is -0.496 e. The van der Waals surface area contributed by atoms with Crippen LogP contribution in [-0.4, -0.2) is 36.9 Å². The highest BCUT2D eigenvalue weighted by molar-refractivity contribution is 7.89. The van der Waals surface area contributed by atoms with Crippen LogP contribution < -0.4 is 23.7 Å². The molecule has 0 heterocycles. The Hall–Kier alpha value is -2.45. The van der Waals surface area contributed by atoms with E-state index < -0.39 is 10.0 Å². The third-order valence-corrected chi connectivity index (χ3v) is 5.98. The first-order valence-corrected chi connectivity index (χ1v) is 9.70. The van der Waals surface area contributed by atoms with Gasteiger partial charge in [-0.1, -0.05) is 6.07 Å². The second-order valence-corrected chi connectivity index (χ2v) is 7.57. The highest BCUT2D eigenvalue weighted by Crippen LogP contribution is 2.39. The molecule has 2 aromatic carbocycles. The molecule has 2 rings (SSSR count). The zero-order chi connectivity index (χ0) is 20.2. The molecule has 0 atom stereocenters. The highest BCUT2D eigenvalue weighted by atomic mass is 32.2. The quantitative estimate of drug-likeness (QED) is 0.740. The molecule has 1 N–H and O–H groups in total. The average molecular weight is 395 g/mol. The predicted octanol–water partition coefficient (Wildman–Crippen LogP) is 2.82. The molecular weight excluding hydrogens is 370 g/mol. The Morgan fingerprint density at radius 3 is 1.93 bits per heavy atom. The smallest absolute Gasteiger partial charge is 0.241 e. The summed E-state index contributed by atoms with van der Waals surface area (Å²) in [5.41, 5.74) is 2.05. The molecule has 0 aliphatic heterocycles. The van der Waals surface area contributed by atoms with E-state index in [0.717, 1.165) is 5.56 Å². The van der Waals surface area contributed by atoms with E-state index in [2.05, 4.69) is 4.72 Å². The maximum absolute atomic E-state index is 12.8. The maximum atomic E-state index is 12.8. The monoisotopic (exact) mass is 395 g/mol. The summed E-state index contributed by atoms with van der Waals surface area (Å²) in [6.07, 6.45) is 0. The lowest BCUT2D eigenvalue weighted by Gasteiger charge is -2.17. The van der Waals surface area contributed by atoms with Gasteiger partial charge >= 0.3 is 0 Å². The fourth-order valence-corrected chi connectivity index (χ4v) is 4.14. The lowest BCUT2D eigenvalue weighted by molar-refractivity contribution is 0.322. The molecule has 0 amide bonds. The number of rotatable bonds is 8. The second-order valence-electron chi connectivity index (χ2n) is 5.83. The zero-order valence-electron chi connectivity index (χ0n) is 16.4. The third kappa shape index (κ3) is 4.12. The van der Waals surface area contributed by atoms with Gasteiger partial charge in [0.1, 0.15) is 5.75 Å². The summed E-state index contributed by atoms with van der Waals surface area (Å²) in [4.78, 5) is 0.209. The molecule has 8 heteroatoms. The van der Waals surface area contributed by atoms with Gasteiger partial charge in [0.15, 0.2) is 11.5 Å². The number of nitrogens with one attached hydrogen (secondary N) is 1. The van der Waals surface area contributed by atoms with Crippen LogP contribution in [0.1, 0.15) is 16.7 Å². The fourth-order valence-electron chi connectivity index (χ4n) is 2.84. The van der Waals surface area contributed by atoms with E-state index in [1.807, 2.05) is 6.92 Å². The van der Waals surface area contributed by atoms with Gasteiger partial charge in [0.2, 0.25) is 15.8 Å². The molecule has 27 heavy (non-hydrogen) atoms. The summed E-state index contributed by atoms with van der Waals surface area (Å²) in [5.74, 6) is 1.98. The van der Waals surface area contributed by atoms with E-state index in [4.69, 9.17) is 18.9 Å². The lowest BCUT2D eigenvalue weighted by Crippen LogP contribution is -2.24. The van der Waals surface area contributed by atoms with Crippen molar-refractivity contribution in [3.05, 3.63) is 41.0 Å². The summed E-state index contributed by atoms with van der Waals surface area (Å²) in [7, 11) is 2.34. The van der Waals surface area contributed by atoms with E-state index in [-0.39, 0.29) is 11.4 Å². The summed E-state index contributed by atoms with van der Waals surface area (Å²) in [6.45, 7) is 3.62. The van der Waals surface area contributed by atoms with Crippen molar-refractivity contribution in [1.29, 1.82) is 0 Å². The van der Waals surface area contributed by atoms with Crippen LogP contribution in [0.4, 0.5) is 0 Å². The van der Waals surface area contributed by atoms with Crippen molar-refractivity contribution in [2.45, 2.75) is 25.3 Å². The summed E-state index contributed by atoms with van der Waals surface area (Å²) in [6, 6.07) is 6.62. The second kappa shape index (κ2) is 8.49. The van der Waals surface area contributed by atoms with Gasteiger partial charge in [0, 0.05) is 12.1 Å². The molecule has 148 valence electrons. The maximum Gasteiger partial charge on any atom is 0.241 e. The first kappa shape index (κ1) is 20.9. The summed E-state index contributed by atoms with van der Waals surface area (Å²) < 4.78 is 49.4. The van der Waals surface area contributed by atoms with Gasteiger partial charge in [-0.2, -0.15) is 0 Å². The van der Waals surface area contributed by atoms with Gasteiger partial charge in [-0.15, -0.1) is 0 Å². The number of ether oxygens (including phenoxy) is 4. The van der Waals surface area contributed by atoms with Gasteiger partial charge in [0.05, 0.1) is 33.3 Å². The van der Waals surface area contributed by atoms with Crippen LogP contribution in [0, 0.1) is 13.8 Å². The minimum atomic E-state index is -3.73. The van der Waals surface area contributed by atoms with Gasteiger partial charge in [0.25, 0.3) is 0 Å². The Kier molecular flexibility index (Phi) is 6.56. The van der Waals surface area contributed by atoms with Crippen LogP contribution in [0.5, 0.6) is 23.0 Å². The fraction of sp³-hybridized carbons (Fsp3) is 0.368. The number of hydrogen-bond donors (Lipinski definition) is 1. The number of benzene rings is 2. The molecule has 0 saturated heterocycles. The van der Waals surface area contributed by atoms with Gasteiger partial charge in [-0.25, -0.2) is 13.1 Å². The van der Waals surface area contributed by atoms with E-state index in [9.17, 15) is 8.42 Å². The van der Waals surface area contributed by atoms with Crippen molar-refractivity contribution in [3.63, 3.8) is 0 Å². The molecule has 0 unspecified atom stereocenters. The van der Waals surface area contributed by atoms with E-state index >= 15 is 0 Å². The molecular formula is C19H25NO6S. The van der Waals surface area contributed by atoms with Crippen molar-refractivity contribution in [2.75, 3.05) is 28.4 Å². The Labute approximate surface area is 160 Å². The van der Waals surface area contributed by atoms with Crippen LogP contribution >= 0.6 is 0 Å². The Morgan fingerprint density at radius 1 is 0.778 bits per heavy atom. The van der Waals surface area contributed by atoms with Crippen LogP contribution in [0.3, 0.4) is 0 Å². The van der Waals surface area contributed by atoms with Crippen molar-refractivity contribution in [2.24, 2.45) is 0 Å². The zero-order valence-corrected chi connectivity index (χ0v) is 17.2. The molecule has 0 aromatic heterocycles. The molecule has 0 saturated carbocycles. The Bertz CT molecular complexity index is 924. The van der Waals surface area contributed by atoms with Crippen molar-refractivity contribution in [1.82, 2.24) is 4.72 Å². The molecule has 2 aromatic rings. The average Bonchev–Trinajstić information content (AvgIpc) is 2.67. The van der Waals surface area contributed by atoms with Crippen molar-refractivity contribution >= 4 is 10.0 Å². The predicted molar refractivity (Wildman–Crippen MR) is 103 cm³/mol. The molecule has 0 fully saturated rings. The van der Waals surface area contributed by atoms with Gasteiger partial charge < -0.3 is 18.9 Å². The largest absolute Gasteiger partial charge is 0.496 e. The molecule has 0 radical (unpaired) electrons. The van der Waals surface area contributed by atoms with Crippen molar-refractivity contribution in [3.8, 4) is 23.0 Å². The van der Waals surface area contributed by atoms with Gasteiger partial charge in [-0.3, -0.25) is 0 Å². The Morgan fingerprint density at radius 2 is 1.37 bits per heavy atom. The standard InChI is InChI=1S/C19H25NO6S/c1-12-13(2)17(10-9-15(12)23-3)27(21,22)20-11-14-7-8-16(24-4)19(26-6)18(14)25-5/h7-10,20H,11H2,1-6H3. The lowest BCUT2D eigenvalue weighted by atomic mass is 10.1.